The van der Waals surface area contributed by atoms with Crippen LogP contribution in [0.1, 0.15) is 26.5 Å². The highest BCUT2D eigenvalue weighted by Crippen LogP contribution is 2.24. The van der Waals surface area contributed by atoms with Gasteiger partial charge in [-0.3, -0.25) is 25.4 Å². The van der Waals surface area contributed by atoms with Crippen molar-refractivity contribution in [2.45, 2.75) is 0 Å². The van der Waals surface area contributed by atoms with E-state index in [4.69, 9.17) is 9.68 Å². The monoisotopic (exact) mass is 348 g/mol. The minimum atomic E-state index is -0.646. The lowest BCUT2D eigenvalue weighted by Crippen LogP contribution is -2.41. The third kappa shape index (κ3) is 3.37. The fourth-order valence-electron chi connectivity index (χ4n) is 2.25. The van der Waals surface area contributed by atoms with Gasteiger partial charge in [-0.1, -0.05) is 0 Å². The molecule has 26 heavy (non-hydrogen) atoms. The maximum Gasteiger partial charge on any atom is 0.306 e. The van der Waals surface area contributed by atoms with Gasteiger partial charge in [-0.15, -0.1) is 0 Å². The Morgan fingerprint density at radius 3 is 2.54 bits per heavy atom. The SMILES string of the molecule is N#Cc1cc(C(=O)NNC(=O)c2occc2-c2ccncc2)ccc1O. The molecule has 0 aliphatic heterocycles. The summed E-state index contributed by atoms with van der Waals surface area (Å²) in [7, 11) is 0. The van der Waals surface area contributed by atoms with Crippen molar-refractivity contribution in [2.24, 2.45) is 0 Å². The number of amides is 2. The second-order valence-corrected chi connectivity index (χ2v) is 5.15. The van der Waals surface area contributed by atoms with Crippen molar-refractivity contribution < 1.29 is 19.1 Å². The second kappa shape index (κ2) is 7.19. The van der Waals surface area contributed by atoms with Crippen molar-refractivity contribution in [3.63, 3.8) is 0 Å². The minimum absolute atomic E-state index is 0.0277. The Kier molecular flexibility index (Phi) is 4.63. The zero-order chi connectivity index (χ0) is 18.5. The summed E-state index contributed by atoms with van der Waals surface area (Å²) in [5.41, 5.74) is 5.84. The van der Waals surface area contributed by atoms with Gasteiger partial charge in [-0.05, 0) is 42.0 Å². The molecule has 3 N–H and O–H groups in total. The molecule has 2 amide bonds. The Morgan fingerprint density at radius 1 is 1.08 bits per heavy atom. The largest absolute Gasteiger partial charge is 0.507 e. The lowest BCUT2D eigenvalue weighted by atomic mass is 10.1. The highest BCUT2D eigenvalue weighted by atomic mass is 16.3. The van der Waals surface area contributed by atoms with Gasteiger partial charge in [0.05, 0.1) is 11.8 Å². The van der Waals surface area contributed by atoms with Gasteiger partial charge in [-0.2, -0.15) is 5.26 Å². The average molecular weight is 348 g/mol. The topological polar surface area (TPSA) is 128 Å². The number of hydrogen-bond donors (Lipinski definition) is 3. The molecule has 0 saturated heterocycles. The molecule has 0 aliphatic carbocycles. The fourth-order valence-corrected chi connectivity index (χ4v) is 2.25. The standard InChI is InChI=1S/C18H12N4O4/c19-10-13-9-12(1-2-15(13)23)17(24)21-22-18(25)16-14(5-8-26-16)11-3-6-20-7-4-11/h1-9,23H,(H,21,24)(H,22,25). The predicted octanol–water partition coefficient (Wildman–Crippen LogP) is 1.99. The number of furan rings is 1. The highest BCUT2D eigenvalue weighted by Gasteiger charge is 2.18. The Labute approximate surface area is 147 Å². The Hall–Kier alpha value is -4.12. The first-order valence-electron chi connectivity index (χ1n) is 7.42. The molecule has 3 aromatic rings. The number of nitriles is 1. The molecule has 0 unspecified atom stereocenters. The number of nitrogens with one attached hydrogen (secondary N) is 2. The normalized spacial score (nSPS) is 9.96. The molecular weight excluding hydrogens is 336 g/mol. The molecule has 0 radical (unpaired) electrons. The first-order chi connectivity index (χ1) is 12.6. The summed E-state index contributed by atoms with van der Waals surface area (Å²) in [6.45, 7) is 0. The van der Waals surface area contributed by atoms with E-state index in [-0.39, 0.29) is 22.6 Å². The van der Waals surface area contributed by atoms with Crippen molar-refractivity contribution in [2.75, 3.05) is 0 Å². The fraction of sp³-hybridized carbons (Fsp3) is 0. The van der Waals surface area contributed by atoms with Crippen LogP contribution >= 0.6 is 0 Å². The highest BCUT2D eigenvalue weighted by molar-refractivity contribution is 6.01. The summed E-state index contributed by atoms with van der Waals surface area (Å²) >= 11 is 0. The molecule has 8 heteroatoms. The first kappa shape index (κ1) is 16.7. The first-order valence-corrected chi connectivity index (χ1v) is 7.42. The van der Waals surface area contributed by atoms with Gasteiger partial charge < -0.3 is 9.52 Å². The van der Waals surface area contributed by atoms with Crippen molar-refractivity contribution >= 4 is 11.8 Å². The van der Waals surface area contributed by atoms with Crippen molar-refractivity contribution in [1.29, 1.82) is 5.26 Å². The molecule has 0 aliphatic rings. The van der Waals surface area contributed by atoms with Crippen LogP contribution in [0.3, 0.4) is 0 Å². The lowest BCUT2D eigenvalue weighted by Gasteiger charge is -2.08. The number of hydrazine groups is 1. The zero-order valence-electron chi connectivity index (χ0n) is 13.3. The number of phenols is 1. The molecule has 0 bridgehead atoms. The van der Waals surface area contributed by atoms with E-state index in [2.05, 4.69) is 15.8 Å². The number of pyridine rings is 1. The molecule has 2 heterocycles. The summed E-state index contributed by atoms with van der Waals surface area (Å²) in [6, 6.07) is 10.6. The van der Waals surface area contributed by atoms with Crippen LogP contribution in [0.4, 0.5) is 0 Å². The Balaban J connectivity index is 1.71. The van der Waals surface area contributed by atoms with Gasteiger partial charge in [0, 0.05) is 23.5 Å². The van der Waals surface area contributed by atoms with E-state index < -0.39 is 11.8 Å². The molecule has 1 aromatic carbocycles. The van der Waals surface area contributed by atoms with E-state index in [0.29, 0.717) is 5.56 Å². The maximum absolute atomic E-state index is 12.3. The van der Waals surface area contributed by atoms with E-state index >= 15 is 0 Å². The summed E-state index contributed by atoms with van der Waals surface area (Å²) < 4.78 is 5.21. The van der Waals surface area contributed by atoms with Crippen molar-refractivity contribution in [1.82, 2.24) is 15.8 Å². The number of nitrogens with zero attached hydrogens (tertiary/aromatic N) is 2. The van der Waals surface area contributed by atoms with Gasteiger partial charge in [-0.25, -0.2) is 0 Å². The van der Waals surface area contributed by atoms with Crippen LogP contribution in [-0.2, 0) is 0 Å². The number of aromatic nitrogens is 1. The molecule has 3 rings (SSSR count). The zero-order valence-corrected chi connectivity index (χ0v) is 13.3. The van der Waals surface area contributed by atoms with Crippen molar-refractivity contribution in [3.05, 3.63) is 71.9 Å². The maximum atomic E-state index is 12.3. The van der Waals surface area contributed by atoms with E-state index in [0.717, 1.165) is 5.56 Å². The average Bonchev–Trinajstić information content (AvgIpc) is 3.17. The molecule has 0 spiro atoms. The van der Waals surface area contributed by atoms with Gasteiger partial charge in [0.2, 0.25) is 5.76 Å². The smallest absolute Gasteiger partial charge is 0.306 e. The van der Waals surface area contributed by atoms with E-state index in [1.165, 1.54) is 24.5 Å². The Morgan fingerprint density at radius 2 is 1.81 bits per heavy atom. The summed E-state index contributed by atoms with van der Waals surface area (Å²) in [5.74, 6) is -1.49. The Bertz CT molecular complexity index is 1010. The number of carbonyl (C=O) groups excluding carboxylic acids is 2. The third-order valence-corrected chi connectivity index (χ3v) is 3.53. The molecule has 2 aromatic heterocycles. The number of phenolic OH excluding ortho intramolecular Hbond substituents is 1. The number of carbonyl (C=O) groups is 2. The van der Waals surface area contributed by atoms with Crippen LogP contribution in [0.15, 0.2) is 59.5 Å². The van der Waals surface area contributed by atoms with Crippen LogP contribution in [0.5, 0.6) is 5.75 Å². The van der Waals surface area contributed by atoms with Gasteiger partial charge in [0.25, 0.3) is 5.91 Å². The summed E-state index contributed by atoms with van der Waals surface area (Å²) in [6.07, 6.45) is 4.54. The molecule has 0 saturated carbocycles. The number of benzene rings is 1. The summed E-state index contributed by atoms with van der Waals surface area (Å²) in [5, 5.41) is 18.3. The molecule has 8 nitrogen and oxygen atoms in total. The predicted molar refractivity (Wildman–Crippen MR) is 89.7 cm³/mol. The van der Waals surface area contributed by atoms with Crippen LogP contribution in [0, 0.1) is 11.3 Å². The van der Waals surface area contributed by atoms with E-state index in [1.807, 2.05) is 0 Å². The van der Waals surface area contributed by atoms with Crippen LogP contribution in [0.2, 0.25) is 0 Å². The molecule has 0 fully saturated rings. The van der Waals surface area contributed by atoms with E-state index in [9.17, 15) is 14.7 Å². The lowest BCUT2D eigenvalue weighted by molar-refractivity contribution is 0.0831. The van der Waals surface area contributed by atoms with Crippen LogP contribution in [-0.4, -0.2) is 21.9 Å². The van der Waals surface area contributed by atoms with Crippen LogP contribution < -0.4 is 10.9 Å². The third-order valence-electron chi connectivity index (χ3n) is 3.53. The second-order valence-electron chi connectivity index (χ2n) is 5.15. The molecule has 128 valence electrons. The van der Waals surface area contributed by atoms with Gasteiger partial charge in [0.1, 0.15) is 11.8 Å². The van der Waals surface area contributed by atoms with E-state index in [1.54, 1.807) is 36.7 Å². The molecular formula is C18H12N4O4. The van der Waals surface area contributed by atoms with Crippen LogP contribution in [0.25, 0.3) is 11.1 Å². The number of aromatic hydroxyl groups is 1. The van der Waals surface area contributed by atoms with Crippen molar-refractivity contribution in [3.8, 4) is 22.9 Å². The van der Waals surface area contributed by atoms with Gasteiger partial charge in [0.15, 0.2) is 0 Å². The quantitative estimate of drug-likeness (QED) is 0.621. The minimum Gasteiger partial charge on any atom is -0.507 e. The summed E-state index contributed by atoms with van der Waals surface area (Å²) in [4.78, 5) is 28.3. The molecule has 0 atom stereocenters. The number of hydrogen-bond acceptors (Lipinski definition) is 6. The number of rotatable bonds is 3. The van der Waals surface area contributed by atoms with Gasteiger partial charge >= 0.3 is 5.91 Å².